The minimum absolute atomic E-state index is 0.142. The van der Waals surface area contributed by atoms with Gasteiger partial charge >= 0.3 is 5.97 Å². The van der Waals surface area contributed by atoms with E-state index in [2.05, 4.69) is 22.8 Å². The number of nitrogens with zero attached hydrogens (tertiary/aromatic N) is 1. The summed E-state index contributed by atoms with van der Waals surface area (Å²) in [7, 11) is 0. The average Bonchev–Trinajstić information content (AvgIpc) is 2.88. The summed E-state index contributed by atoms with van der Waals surface area (Å²) in [5.41, 5.74) is 3.24. The SMILES string of the molecule is CCCCCCCCCCCC(=O)NCC(=O)N/N=C\c1ccccc1OC(=O)c1ccc(Cl)cc1. The van der Waals surface area contributed by atoms with Crippen molar-refractivity contribution in [3.05, 3.63) is 64.7 Å². The van der Waals surface area contributed by atoms with Gasteiger partial charge < -0.3 is 10.1 Å². The number of hydrogen-bond donors (Lipinski definition) is 2. The minimum atomic E-state index is -0.536. The summed E-state index contributed by atoms with van der Waals surface area (Å²) in [5, 5.41) is 7.04. The van der Waals surface area contributed by atoms with E-state index >= 15 is 0 Å². The Hall–Kier alpha value is -3.19. The highest BCUT2D eigenvalue weighted by Crippen LogP contribution is 2.18. The van der Waals surface area contributed by atoms with Crippen molar-refractivity contribution in [2.75, 3.05) is 6.54 Å². The van der Waals surface area contributed by atoms with Crippen LogP contribution in [0.15, 0.2) is 53.6 Å². The number of para-hydroxylation sites is 1. The summed E-state index contributed by atoms with van der Waals surface area (Å²) < 4.78 is 5.45. The number of ether oxygens (including phenoxy) is 1. The summed E-state index contributed by atoms with van der Waals surface area (Å²) in [5.74, 6) is -0.824. The Bertz CT molecular complexity index is 993. The van der Waals surface area contributed by atoms with Crippen LogP contribution in [0.25, 0.3) is 0 Å². The molecule has 2 aromatic carbocycles. The van der Waals surface area contributed by atoms with E-state index < -0.39 is 11.9 Å². The number of hydrogen-bond acceptors (Lipinski definition) is 5. The highest BCUT2D eigenvalue weighted by Gasteiger charge is 2.11. The van der Waals surface area contributed by atoms with Crippen LogP contribution in [0, 0.1) is 0 Å². The van der Waals surface area contributed by atoms with Crippen LogP contribution in [-0.2, 0) is 9.59 Å². The molecule has 2 N–H and O–H groups in total. The molecule has 0 aromatic heterocycles. The van der Waals surface area contributed by atoms with Crippen molar-refractivity contribution in [1.82, 2.24) is 10.7 Å². The fourth-order valence-corrected chi connectivity index (χ4v) is 3.63. The number of carbonyl (C=O) groups excluding carboxylic acids is 3. The number of amides is 2. The number of halogens is 1. The molecule has 0 radical (unpaired) electrons. The first-order valence-corrected chi connectivity index (χ1v) is 13.0. The molecule has 8 heteroatoms. The molecule has 194 valence electrons. The Morgan fingerprint density at radius 3 is 2.19 bits per heavy atom. The van der Waals surface area contributed by atoms with Gasteiger partial charge in [0.25, 0.3) is 5.91 Å². The van der Waals surface area contributed by atoms with Crippen molar-refractivity contribution >= 4 is 35.6 Å². The quantitative estimate of drug-likeness (QED) is 0.0938. The first kappa shape index (κ1) is 29.0. The molecule has 0 fully saturated rings. The lowest BCUT2D eigenvalue weighted by atomic mass is 10.1. The van der Waals surface area contributed by atoms with Gasteiger partial charge in [-0.2, -0.15) is 5.10 Å². The van der Waals surface area contributed by atoms with E-state index in [0.29, 0.717) is 28.3 Å². The topological polar surface area (TPSA) is 96.9 Å². The molecule has 0 aliphatic heterocycles. The second kappa shape index (κ2) is 17.3. The number of hydrazone groups is 1. The van der Waals surface area contributed by atoms with E-state index in [1.165, 1.54) is 44.7 Å². The van der Waals surface area contributed by atoms with Crippen LogP contribution >= 0.6 is 11.6 Å². The molecule has 0 atom stereocenters. The van der Waals surface area contributed by atoms with E-state index in [1.807, 2.05) is 0 Å². The number of nitrogens with one attached hydrogen (secondary N) is 2. The Morgan fingerprint density at radius 1 is 0.861 bits per heavy atom. The lowest BCUT2D eigenvalue weighted by Crippen LogP contribution is -2.34. The zero-order valence-corrected chi connectivity index (χ0v) is 21.7. The predicted molar refractivity (Wildman–Crippen MR) is 143 cm³/mol. The fourth-order valence-electron chi connectivity index (χ4n) is 3.50. The maximum absolute atomic E-state index is 12.4. The van der Waals surface area contributed by atoms with Crippen molar-refractivity contribution < 1.29 is 19.1 Å². The predicted octanol–water partition coefficient (Wildman–Crippen LogP) is 6.05. The van der Waals surface area contributed by atoms with Gasteiger partial charge in [-0.1, -0.05) is 82.0 Å². The number of unbranched alkanes of at least 4 members (excludes halogenated alkanes) is 8. The van der Waals surface area contributed by atoms with Crippen molar-refractivity contribution in [2.24, 2.45) is 5.10 Å². The van der Waals surface area contributed by atoms with Crippen molar-refractivity contribution in [2.45, 2.75) is 71.1 Å². The minimum Gasteiger partial charge on any atom is -0.422 e. The van der Waals surface area contributed by atoms with Gasteiger partial charge in [-0.05, 0) is 42.8 Å². The molecule has 0 aliphatic rings. The van der Waals surface area contributed by atoms with E-state index in [-0.39, 0.29) is 12.5 Å². The smallest absolute Gasteiger partial charge is 0.343 e. The van der Waals surface area contributed by atoms with Crippen molar-refractivity contribution in [3.63, 3.8) is 0 Å². The maximum Gasteiger partial charge on any atom is 0.343 e. The number of benzene rings is 2. The molecule has 2 amide bonds. The molecular formula is C28H36ClN3O4. The molecule has 0 saturated carbocycles. The van der Waals surface area contributed by atoms with E-state index in [4.69, 9.17) is 16.3 Å². The van der Waals surface area contributed by atoms with Gasteiger partial charge in [-0.15, -0.1) is 0 Å². The largest absolute Gasteiger partial charge is 0.422 e. The number of carbonyl (C=O) groups is 3. The second-order valence-corrected chi connectivity index (χ2v) is 9.02. The number of rotatable bonds is 16. The van der Waals surface area contributed by atoms with Crippen molar-refractivity contribution in [1.29, 1.82) is 0 Å². The Labute approximate surface area is 218 Å². The summed E-state index contributed by atoms with van der Waals surface area (Å²) in [6, 6.07) is 13.2. The summed E-state index contributed by atoms with van der Waals surface area (Å²) in [6.45, 7) is 2.06. The van der Waals surface area contributed by atoms with Crippen LogP contribution in [0.5, 0.6) is 5.75 Å². The van der Waals surface area contributed by atoms with E-state index in [0.717, 1.165) is 19.3 Å². The monoisotopic (exact) mass is 513 g/mol. The first-order chi connectivity index (χ1) is 17.5. The fraction of sp³-hybridized carbons (Fsp3) is 0.429. The highest BCUT2D eigenvalue weighted by molar-refractivity contribution is 6.30. The standard InChI is InChI=1S/C28H36ClN3O4/c1-2-3-4-5-6-7-8-9-10-15-26(33)30-21-27(34)32-31-20-23-13-11-12-14-25(23)36-28(35)22-16-18-24(29)19-17-22/h11-14,16-20H,2-10,15,21H2,1H3,(H,30,33)(H,32,34)/b31-20-. The summed E-state index contributed by atoms with van der Waals surface area (Å²) >= 11 is 5.85. The van der Waals surface area contributed by atoms with Crippen LogP contribution in [0.4, 0.5) is 0 Å². The van der Waals surface area contributed by atoms with Crippen molar-refractivity contribution in [3.8, 4) is 5.75 Å². The third kappa shape index (κ3) is 12.0. The second-order valence-electron chi connectivity index (χ2n) is 8.58. The molecule has 0 heterocycles. The lowest BCUT2D eigenvalue weighted by molar-refractivity contribution is -0.126. The molecule has 2 rings (SSSR count). The summed E-state index contributed by atoms with van der Waals surface area (Å²) in [4.78, 5) is 36.3. The first-order valence-electron chi connectivity index (χ1n) is 12.6. The van der Waals surface area contributed by atoms with Crippen LogP contribution in [0.1, 0.15) is 87.1 Å². The molecule has 0 spiro atoms. The third-order valence-electron chi connectivity index (χ3n) is 5.55. The zero-order valence-electron chi connectivity index (χ0n) is 20.9. The molecule has 36 heavy (non-hydrogen) atoms. The summed E-state index contributed by atoms with van der Waals surface area (Å²) in [6.07, 6.45) is 12.5. The molecule has 0 saturated heterocycles. The van der Waals surface area contributed by atoms with Gasteiger partial charge in [-0.25, -0.2) is 10.2 Å². The highest BCUT2D eigenvalue weighted by atomic mass is 35.5. The lowest BCUT2D eigenvalue weighted by Gasteiger charge is -2.07. The third-order valence-corrected chi connectivity index (χ3v) is 5.80. The van der Waals surface area contributed by atoms with Gasteiger partial charge in [0.05, 0.1) is 18.3 Å². The average molecular weight is 514 g/mol. The van der Waals surface area contributed by atoms with Crippen LogP contribution in [0.2, 0.25) is 5.02 Å². The van der Waals surface area contributed by atoms with E-state index in [9.17, 15) is 14.4 Å². The molecule has 0 bridgehead atoms. The maximum atomic E-state index is 12.4. The zero-order chi connectivity index (χ0) is 26.0. The number of esters is 1. The van der Waals surface area contributed by atoms with Crippen LogP contribution < -0.4 is 15.5 Å². The van der Waals surface area contributed by atoms with Gasteiger partial charge in [0, 0.05) is 17.0 Å². The van der Waals surface area contributed by atoms with E-state index in [1.54, 1.807) is 48.5 Å². The van der Waals surface area contributed by atoms with Gasteiger partial charge in [0.2, 0.25) is 5.91 Å². The van der Waals surface area contributed by atoms with Crippen LogP contribution in [-0.4, -0.2) is 30.5 Å². The normalized spacial score (nSPS) is 10.8. The van der Waals surface area contributed by atoms with Crippen LogP contribution in [0.3, 0.4) is 0 Å². The molecule has 0 aliphatic carbocycles. The Kier molecular flexibility index (Phi) is 13.9. The molecular weight excluding hydrogens is 478 g/mol. The molecule has 0 unspecified atom stereocenters. The Balaban J connectivity index is 1.66. The van der Waals surface area contributed by atoms with Gasteiger partial charge in [0.15, 0.2) is 0 Å². The van der Waals surface area contributed by atoms with Gasteiger partial charge in [-0.3, -0.25) is 9.59 Å². The molecule has 2 aromatic rings. The Morgan fingerprint density at radius 2 is 1.50 bits per heavy atom. The van der Waals surface area contributed by atoms with Gasteiger partial charge in [0.1, 0.15) is 5.75 Å². The molecule has 7 nitrogen and oxygen atoms in total.